The molecule has 42 heavy (non-hydrogen) atoms. The van der Waals surface area contributed by atoms with Gasteiger partial charge in [0.25, 0.3) is 5.91 Å². The molecule has 0 radical (unpaired) electrons. The van der Waals surface area contributed by atoms with E-state index in [2.05, 4.69) is 36.3 Å². The van der Waals surface area contributed by atoms with Gasteiger partial charge in [-0.2, -0.15) is 0 Å². The molecule has 0 heterocycles. The Hall–Kier alpha value is -3.15. The highest BCUT2D eigenvalue weighted by atomic mass is 16.6. The zero-order chi connectivity index (χ0) is 30.1. The van der Waals surface area contributed by atoms with E-state index in [1.807, 2.05) is 0 Å². The minimum atomic E-state index is -1.27. The molecule has 0 saturated heterocycles. The number of rotatable bonds is 8. The van der Waals surface area contributed by atoms with Gasteiger partial charge in [-0.25, -0.2) is 4.79 Å². The zero-order valence-corrected chi connectivity index (χ0v) is 25.0. The molecule has 0 aliphatic heterocycles. The third-order valence-electron chi connectivity index (χ3n) is 11.1. The van der Waals surface area contributed by atoms with Crippen LogP contribution in [0.1, 0.15) is 83.8 Å². The number of fused-ring (bicyclic) bond motifs is 5. The topological polar surface area (TPSA) is 117 Å². The summed E-state index contributed by atoms with van der Waals surface area (Å²) >= 11 is 0. The molecular formula is C34H44N2O6. The Morgan fingerprint density at radius 2 is 1.86 bits per heavy atom. The maximum atomic E-state index is 12.7. The van der Waals surface area contributed by atoms with Crippen LogP contribution in [-0.4, -0.2) is 52.7 Å². The number of aliphatic hydroxyl groups excluding tert-OH is 1. The molecule has 226 valence electrons. The molecule has 3 N–H and O–H groups in total. The van der Waals surface area contributed by atoms with Crippen LogP contribution in [0.2, 0.25) is 0 Å². The van der Waals surface area contributed by atoms with Crippen LogP contribution in [0.15, 0.2) is 47.1 Å². The largest absolute Gasteiger partial charge is 0.464 e. The second-order valence-corrected chi connectivity index (χ2v) is 13.0. The monoisotopic (exact) mass is 576 g/mol. The number of carbonyl (C=O) groups is 2. The van der Waals surface area contributed by atoms with E-state index in [4.69, 9.17) is 16.0 Å². The smallest absolute Gasteiger partial charge is 0.331 e. The van der Waals surface area contributed by atoms with Gasteiger partial charge >= 0.3 is 5.97 Å². The summed E-state index contributed by atoms with van der Waals surface area (Å²) in [7, 11) is 0. The molecule has 5 unspecified atom stereocenters. The van der Waals surface area contributed by atoms with E-state index in [9.17, 15) is 19.8 Å². The maximum absolute atomic E-state index is 12.7. The zero-order valence-electron chi connectivity index (χ0n) is 25.0. The minimum Gasteiger partial charge on any atom is -0.464 e. The Balaban J connectivity index is 1.21. The molecule has 1 aromatic rings. The summed E-state index contributed by atoms with van der Waals surface area (Å²) in [5, 5.41) is 28.8. The highest BCUT2D eigenvalue weighted by Gasteiger charge is 2.63. The Kier molecular flexibility index (Phi) is 8.55. The lowest BCUT2D eigenvalue weighted by Crippen LogP contribution is -2.54. The summed E-state index contributed by atoms with van der Waals surface area (Å²) in [4.78, 5) is 30.6. The first kappa shape index (κ1) is 30.3. The number of amides is 1. The number of carbonyl (C=O) groups excluding carboxylic acids is 2. The molecule has 4 aliphatic rings. The van der Waals surface area contributed by atoms with E-state index < -0.39 is 29.6 Å². The fourth-order valence-electron chi connectivity index (χ4n) is 8.63. The maximum Gasteiger partial charge on any atom is 0.331 e. The molecule has 0 spiro atoms. The van der Waals surface area contributed by atoms with Crippen LogP contribution in [-0.2, 0) is 19.2 Å². The van der Waals surface area contributed by atoms with Crippen molar-refractivity contribution in [1.82, 2.24) is 5.32 Å². The van der Waals surface area contributed by atoms with Crippen molar-refractivity contribution >= 4 is 17.6 Å². The number of nitrogens with one attached hydrogen (secondary N) is 1. The molecule has 1 aromatic carbocycles. The first-order chi connectivity index (χ1) is 20.1. The number of esters is 1. The van der Waals surface area contributed by atoms with Crippen molar-refractivity contribution in [2.75, 3.05) is 13.2 Å². The average molecular weight is 577 g/mol. The minimum absolute atomic E-state index is 0.0813. The standard InChI is InChI=1S/C34H44N2O6/c1-5-34(40)19-16-27-25-13-12-23-20-24(14-17-32(23,3)26(25)15-18-33(27,34)4)36-42-21-28(37)35-29(31(39)41-6-2)30(38)22-10-8-7-9-11-22/h1,7-11,20,25-27,29-30,38,40H,6,12-19,21H2,2-4H3,(H,35,37)/t25?,26?,27?,29?,30?,32-,33-,34+/m0/s1. The average Bonchev–Trinajstić information content (AvgIpc) is 3.27. The number of oxime groups is 1. The summed E-state index contributed by atoms with van der Waals surface area (Å²) in [6, 6.07) is 7.39. The number of hydrogen-bond acceptors (Lipinski definition) is 7. The number of aliphatic hydroxyl groups is 2. The molecule has 3 saturated carbocycles. The molecule has 0 bridgehead atoms. The summed E-state index contributed by atoms with van der Waals surface area (Å²) in [6.45, 7) is 6.01. The Morgan fingerprint density at radius 3 is 2.57 bits per heavy atom. The van der Waals surface area contributed by atoms with Crippen LogP contribution in [0.4, 0.5) is 0 Å². The Bertz CT molecular complexity index is 1290. The number of ether oxygens (including phenoxy) is 1. The van der Waals surface area contributed by atoms with E-state index in [1.165, 1.54) is 5.57 Å². The van der Waals surface area contributed by atoms with Crippen molar-refractivity contribution in [2.45, 2.75) is 89.9 Å². The van der Waals surface area contributed by atoms with Crippen molar-refractivity contribution in [3.63, 3.8) is 0 Å². The second-order valence-electron chi connectivity index (χ2n) is 13.0. The van der Waals surface area contributed by atoms with Crippen LogP contribution in [0, 0.1) is 40.9 Å². The molecule has 0 aromatic heterocycles. The number of allylic oxidation sites excluding steroid dienone is 2. The fraction of sp³-hybridized carbons (Fsp3) is 0.618. The third kappa shape index (κ3) is 5.26. The van der Waals surface area contributed by atoms with Gasteiger partial charge in [0.15, 0.2) is 12.6 Å². The lowest BCUT2D eigenvalue weighted by Gasteiger charge is -2.58. The quantitative estimate of drug-likeness (QED) is 0.239. The van der Waals surface area contributed by atoms with E-state index in [-0.39, 0.29) is 24.0 Å². The van der Waals surface area contributed by atoms with Gasteiger partial charge in [-0.15, -0.1) is 6.42 Å². The molecule has 8 heteroatoms. The predicted octanol–water partition coefficient (Wildman–Crippen LogP) is 4.47. The molecular weight excluding hydrogens is 532 g/mol. The summed E-state index contributed by atoms with van der Waals surface area (Å²) in [5.41, 5.74) is 1.57. The van der Waals surface area contributed by atoms with Crippen molar-refractivity contribution < 1.29 is 29.4 Å². The lowest BCUT2D eigenvalue weighted by molar-refractivity contribution is -0.151. The van der Waals surface area contributed by atoms with Gasteiger partial charge in [0.05, 0.1) is 12.3 Å². The van der Waals surface area contributed by atoms with Crippen molar-refractivity contribution in [3.8, 4) is 12.3 Å². The summed E-state index contributed by atoms with van der Waals surface area (Å²) in [6.07, 6.45) is 14.2. The molecule has 5 rings (SSSR count). The molecule has 8 atom stereocenters. The number of hydrogen-bond donors (Lipinski definition) is 3. The van der Waals surface area contributed by atoms with Crippen LogP contribution in [0.5, 0.6) is 0 Å². The van der Waals surface area contributed by atoms with Crippen molar-refractivity contribution in [3.05, 3.63) is 47.5 Å². The second kappa shape index (κ2) is 11.9. The van der Waals surface area contributed by atoms with Gasteiger partial charge in [0, 0.05) is 5.41 Å². The molecule has 3 fully saturated rings. The highest BCUT2D eigenvalue weighted by Crippen LogP contribution is 2.67. The predicted molar refractivity (Wildman–Crippen MR) is 159 cm³/mol. The van der Waals surface area contributed by atoms with Crippen LogP contribution < -0.4 is 5.32 Å². The number of terminal acetylenes is 1. The first-order valence-corrected chi connectivity index (χ1v) is 15.4. The van der Waals surface area contributed by atoms with E-state index in [0.29, 0.717) is 29.7 Å². The van der Waals surface area contributed by atoms with Crippen LogP contribution >= 0.6 is 0 Å². The SMILES string of the molecule is C#C[C@@]1(O)CCC2C3CCC4=CC(=NOCC(=O)NC(C(=O)OCC)C(O)c5ccccc5)CC[C@]4(C)C3CC[C@@]21C. The number of nitrogens with zero attached hydrogens (tertiary/aromatic N) is 1. The first-order valence-electron chi connectivity index (χ1n) is 15.4. The van der Waals surface area contributed by atoms with Crippen molar-refractivity contribution in [1.29, 1.82) is 0 Å². The van der Waals surface area contributed by atoms with Gasteiger partial charge in [-0.3, -0.25) is 4.79 Å². The van der Waals surface area contributed by atoms with Gasteiger partial charge in [0.1, 0.15) is 11.7 Å². The summed E-state index contributed by atoms with van der Waals surface area (Å²) < 4.78 is 5.08. The van der Waals surface area contributed by atoms with Crippen LogP contribution in [0.3, 0.4) is 0 Å². The Labute approximate surface area is 248 Å². The fourth-order valence-corrected chi connectivity index (χ4v) is 8.63. The molecule has 1 amide bonds. The molecule has 4 aliphatic carbocycles. The Morgan fingerprint density at radius 1 is 1.12 bits per heavy atom. The van der Waals surface area contributed by atoms with Gasteiger partial charge in [0.2, 0.25) is 0 Å². The van der Waals surface area contributed by atoms with Gasteiger partial charge in [-0.1, -0.05) is 60.8 Å². The van der Waals surface area contributed by atoms with E-state index in [1.54, 1.807) is 37.3 Å². The summed E-state index contributed by atoms with van der Waals surface area (Å²) in [5.74, 6) is 3.03. The number of benzene rings is 1. The van der Waals surface area contributed by atoms with E-state index >= 15 is 0 Å². The molecule has 8 nitrogen and oxygen atoms in total. The van der Waals surface area contributed by atoms with Crippen LogP contribution in [0.25, 0.3) is 0 Å². The van der Waals surface area contributed by atoms with E-state index in [0.717, 1.165) is 50.7 Å². The van der Waals surface area contributed by atoms with Gasteiger partial charge in [-0.05, 0) is 93.1 Å². The third-order valence-corrected chi connectivity index (χ3v) is 11.1. The lowest BCUT2D eigenvalue weighted by atomic mass is 9.46. The van der Waals surface area contributed by atoms with Crippen molar-refractivity contribution in [2.24, 2.45) is 33.7 Å². The highest BCUT2D eigenvalue weighted by molar-refractivity contribution is 5.96. The van der Waals surface area contributed by atoms with Gasteiger partial charge < -0.3 is 25.1 Å². The normalized spacial score (nSPS) is 35.9.